The van der Waals surface area contributed by atoms with Gasteiger partial charge in [-0.3, -0.25) is 9.69 Å². The fourth-order valence-electron chi connectivity index (χ4n) is 3.75. The van der Waals surface area contributed by atoms with Crippen LogP contribution in [0, 0.1) is 0 Å². The van der Waals surface area contributed by atoms with E-state index in [0.29, 0.717) is 5.82 Å². The van der Waals surface area contributed by atoms with Crippen molar-refractivity contribution in [3.63, 3.8) is 0 Å². The van der Waals surface area contributed by atoms with Gasteiger partial charge in [0.15, 0.2) is 17.3 Å². The zero-order valence-electron chi connectivity index (χ0n) is 14.4. The number of ketones is 1. The first-order chi connectivity index (χ1) is 12.2. The second-order valence-corrected chi connectivity index (χ2v) is 6.72. The number of carbonyl (C=O) groups is 1. The third kappa shape index (κ3) is 3.20. The van der Waals surface area contributed by atoms with Crippen LogP contribution in [0.15, 0.2) is 48.7 Å². The second kappa shape index (κ2) is 6.76. The van der Waals surface area contributed by atoms with Gasteiger partial charge in [-0.2, -0.15) is 0 Å². The van der Waals surface area contributed by atoms with Crippen LogP contribution in [0.1, 0.15) is 42.0 Å². The van der Waals surface area contributed by atoms with Gasteiger partial charge in [0.2, 0.25) is 0 Å². The molecule has 0 N–H and O–H groups in total. The Morgan fingerprint density at radius 2 is 2.04 bits per heavy atom. The first kappa shape index (κ1) is 16.0. The lowest BCUT2D eigenvalue weighted by Crippen LogP contribution is -2.37. The minimum Gasteiger partial charge on any atom is -0.302 e. The highest BCUT2D eigenvalue weighted by Gasteiger charge is 2.27. The molecule has 0 bridgehead atoms. The van der Waals surface area contributed by atoms with Gasteiger partial charge in [0, 0.05) is 26.2 Å². The molecule has 5 heteroatoms. The molecule has 1 saturated heterocycles. The predicted molar refractivity (Wildman–Crippen MR) is 97.5 cm³/mol. The van der Waals surface area contributed by atoms with Crippen molar-refractivity contribution in [3.8, 4) is 0 Å². The van der Waals surface area contributed by atoms with Crippen molar-refractivity contribution < 1.29 is 4.79 Å². The average Bonchev–Trinajstić information content (AvgIpc) is 3.03. The number of rotatable bonds is 4. The lowest BCUT2D eigenvalue weighted by molar-refractivity contribution is 0.0990. The summed E-state index contributed by atoms with van der Waals surface area (Å²) in [6, 6.07) is 14.6. The summed E-state index contributed by atoms with van der Waals surface area (Å²) in [6.45, 7) is 4.52. The number of Topliss-reactive ketones (excluding diaryl/α,β-unsaturated/α-hetero) is 1. The van der Waals surface area contributed by atoms with Crippen molar-refractivity contribution in [1.82, 2.24) is 19.4 Å². The highest BCUT2D eigenvalue weighted by atomic mass is 16.1. The van der Waals surface area contributed by atoms with Crippen molar-refractivity contribution in [1.29, 1.82) is 0 Å². The van der Waals surface area contributed by atoms with Gasteiger partial charge in [-0.15, -0.1) is 0 Å². The fraction of sp³-hybridized carbons (Fsp3) is 0.350. The van der Waals surface area contributed by atoms with E-state index in [4.69, 9.17) is 0 Å². The maximum atomic E-state index is 12.1. The molecule has 1 aliphatic rings. The van der Waals surface area contributed by atoms with E-state index in [1.165, 1.54) is 5.56 Å². The summed E-state index contributed by atoms with van der Waals surface area (Å²) in [5, 5.41) is 0. The van der Waals surface area contributed by atoms with Crippen LogP contribution in [0.25, 0.3) is 11.2 Å². The summed E-state index contributed by atoms with van der Waals surface area (Å²) in [5.74, 6) is 0.526. The molecule has 3 aromatic rings. The van der Waals surface area contributed by atoms with Crippen LogP contribution in [0.3, 0.4) is 0 Å². The molecule has 128 valence electrons. The summed E-state index contributed by atoms with van der Waals surface area (Å²) < 4.78 is 2.06. The summed E-state index contributed by atoms with van der Waals surface area (Å²) >= 11 is 0. The maximum Gasteiger partial charge on any atom is 0.195 e. The molecule has 0 radical (unpaired) electrons. The molecular formula is C20H22N4O. The largest absolute Gasteiger partial charge is 0.302 e. The van der Waals surface area contributed by atoms with Gasteiger partial charge in [-0.1, -0.05) is 30.3 Å². The SMILES string of the molecule is CC(=O)c1nc2cccnc2n1[C@H]1CCCN(Cc2ccccc2)C1. The number of hydrogen-bond acceptors (Lipinski definition) is 4. The number of pyridine rings is 1. The first-order valence-corrected chi connectivity index (χ1v) is 8.82. The molecule has 25 heavy (non-hydrogen) atoms. The highest BCUT2D eigenvalue weighted by Crippen LogP contribution is 2.28. The number of nitrogens with zero attached hydrogens (tertiary/aromatic N) is 4. The standard InChI is InChI=1S/C20H22N4O/c1-15(25)19-22-18-10-5-11-21-20(18)24(19)17-9-6-12-23(14-17)13-16-7-3-2-4-8-16/h2-5,7-8,10-11,17H,6,9,12-14H2,1H3/t17-/m0/s1. The van der Waals surface area contributed by atoms with Crippen LogP contribution in [0.4, 0.5) is 0 Å². The Morgan fingerprint density at radius 3 is 2.84 bits per heavy atom. The molecule has 4 rings (SSSR count). The van der Waals surface area contributed by atoms with E-state index in [0.717, 1.165) is 43.6 Å². The Hall–Kier alpha value is -2.53. The Balaban J connectivity index is 1.64. The molecule has 5 nitrogen and oxygen atoms in total. The molecule has 1 atom stereocenters. The minimum atomic E-state index is -0.00168. The molecule has 0 amide bonds. The second-order valence-electron chi connectivity index (χ2n) is 6.72. The Bertz CT molecular complexity index is 887. The van der Waals surface area contributed by atoms with Gasteiger partial charge >= 0.3 is 0 Å². The van der Waals surface area contributed by atoms with Crippen molar-refractivity contribution in [2.24, 2.45) is 0 Å². The molecule has 2 aromatic heterocycles. The van der Waals surface area contributed by atoms with E-state index >= 15 is 0 Å². The first-order valence-electron chi connectivity index (χ1n) is 8.82. The molecule has 1 aliphatic heterocycles. The summed E-state index contributed by atoms with van der Waals surface area (Å²) in [7, 11) is 0. The van der Waals surface area contributed by atoms with Crippen molar-refractivity contribution in [2.75, 3.05) is 13.1 Å². The van der Waals surface area contributed by atoms with E-state index in [-0.39, 0.29) is 11.8 Å². The van der Waals surface area contributed by atoms with E-state index in [1.54, 1.807) is 13.1 Å². The van der Waals surface area contributed by atoms with Crippen LogP contribution >= 0.6 is 0 Å². The quantitative estimate of drug-likeness (QED) is 0.686. The Morgan fingerprint density at radius 1 is 1.20 bits per heavy atom. The number of aromatic nitrogens is 3. The van der Waals surface area contributed by atoms with Gasteiger partial charge in [0.1, 0.15) is 5.52 Å². The monoisotopic (exact) mass is 334 g/mol. The Kier molecular flexibility index (Phi) is 4.32. The Labute approximate surface area is 147 Å². The molecule has 0 saturated carbocycles. The van der Waals surface area contributed by atoms with Crippen LogP contribution in [0.2, 0.25) is 0 Å². The summed E-state index contributed by atoms with van der Waals surface area (Å²) in [4.78, 5) is 23.6. The van der Waals surface area contributed by atoms with Crippen molar-refractivity contribution in [2.45, 2.75) is 32.4 Å². The topological polar surface area (TPSA) is 51.0 Å². The zero-order chi connectivity index (χ0) is 17.2. The van der Waals surface area contributed by atoms with E-state index in [2.05, 4.69) is 43.7 Å². The number of carbonyl (C=O) groups excluding carboxylic acids is 1. The van der Waals surface area contributed by atoms with Crippen LogP contribution in [-0.2, 0) is 6.54 Å². The lowest BCUT2D eigenvalue weighted by atomic mass is 10.0. The molecule has 1 aromatic carbocycles. The third-order valence-electron chi connectivity index (χ3n) is 4.86. The van der Waals surface area contributed by atoms with Crippen molar-refractivity contribution in [3.05, 3.63) is 60.0 Å². The van der Waals surface area contributed by atoms with Gasteiger partial charge in [0.05, 0.1) is 6.04 Å². The van der Waals surface area contributed by atoms with Gasteiger partial charge in [-0.05, 0) is 37.1 Å². The molecular weight excluding hydrogens is 312 g/mol. The van der Waals surface area contributed by atoms with Crippen LogP contribution < -0.4 is 0 Å². The normalized spacial score (nSPS) is 18.5. The molecule has 0 spiro atoms. The number of benzene rings is 1. The molecule has 1 fully saturated rings. The number of fused-ring (bicyclic) bond motifs is 1. The zero-order valence-corrected chi connectivity index (χ0v) is 14.4. The summed E-state index contributed by atoms with van der Waals surface area (Å²) in [5.41, 5.74) is 2.94. The minimum absolute atomic E-state index is 0.00168. The summed E-state index contributed by atoms with van der Waals surface area (Å²) in [6.07, 6.45) is 3.93. The van der Waals surface area contributed by atoms with E-state index in [1.807, 2.05) is 18.2 Å². The molecule has 3 heterocycles. The third-order valence-corrected chi connectivity index (χ3v) is 4.86. The highest BCUT2D eigenvalue weighted by molar-refractivity contribution is 5.94. The van der Waals surface area contributed by atoms with Crippen molar-refractivity contribution >= 4 is 16.9 Å². The average molecular weight is 334 g/mol. The number of piperidine rings is 1. The maximum absolute atomic E-state index is 12.1. The predicted octanol–water partition coefficient (Wildman–Crippen LogP) is 3.47. The van der Waals surface area contributed by atoms with Crippen LogP contribution in [0.5, 0.6) is 0 Å². The molecule has 0 aliphatic carbocycles. The number of imidazole rings is 1. The fourth-order valence-corrected chi connectivity index (χ4v) is 3.75. The van der Waals surface area contributed by atoms with Crippen LogP contribution in [-0.4, -0.2) is 38.3 Å². The smallest absolute Gasteiger partial charge is 0.195 e. The number of hydrogen-bond donors (Lipinski definition) is 0. The van der Waals surface area contributed by atoms with E-state index < -0.39 is 0 Å². The van der Waals surface area contributed by atoms with Gasteiger partial charge < -0.3 is 4.57 Å². The number of likely N-dealkylation sites (tertiary alicyclic amines) is 1. The molecule has 0 unspecified atom stereocenters. The van der Waals surface area contributed by atoms with E-state index in [9.17, 15) is 4.79 Å². The van der Waals surface area contributed by atoms with Gasteiger partial charge in [0.25, 0.3) is 0 Å². The van der Waals surface area contributed by atoms with Gasteiger partial charge in [-0.25, -0.2) is 9.97 Å². The lowest BCUT2D eigenvalue weighted by Gasteiger charge is -2.34.